The van der Waals surface area contributed by atoms with Gasteiger partial charge in [0.05, 0.1) is 0 Å². The molecule has 0 heterocycles. The molecule has 0 N–H and O–H groups in total. The van der Waals surface area contributed by atoms with Crippen LogP contribution in [-0.2, 0) is 10.6 Å². The minimum atomic E-state index is -6.57. The number of halogens is 12. The molecular weight excluding hydrogens is 373 g/mol. The average Bonchev–Trinajstić information content (AvgIpc) is 1.95. The topological polar surface area (TPSA) is 34.1 Å². The molecule has 118 valence electrons. The molecule has 0 saturated heterocycles. The summed E-state index contributed by atoms with van der Waals surface area (Å²) in [5.41, 5.74) is 0. The summed E-state index contributed by atoms with van der Waals surface area (Å²) in [6, 6.07) is 0. The van der Waals surface area contributed by atoms with Gasteiger partial charge in [-0.3, -0.25) is 0 Å². The van der Waals surface area contributed by atoms with Gasteiger partial charge >= 0.3 is 33.2 Å². The van der Waals surface area contributed by atoms with Crippen molar-refractivity contribution in [3.8, 4) is 0 Å². The quantitative estimate of drug-likeness (QED) is 0.415. The lowest BCUT2D eigenvalue weighted by atomic mass is 10.2. The highest BCUT2D eigenvalue weighted by molar-refractivity contribution is 7.81. The van der Waals surface area contributed by atoms with Crippen molar-refractivity contribution in [2.75, 3.05) is 0 Å². The van der Waals surface area contributed by atoms with E-state index in [0.717, 1.165) is 0 Å². The SMILES string of the molecule is FC(F)(F)C(F)(F)C(F)(Cl)C(F)(F)Cl.O=S(=O)(F)F. The molecule has 0 bridgehead atoms. The Hall–Kier alpha value is -0.170. The summed E-state index contributed by atoms with van der Waals surface area (Å²) in [4.78, 5) is 0. The Labute approximate surface area is 108 Å². The van der Waals surface area contributed by atoms with Crippen LogP contribution in [0.15, 0.2) is 0 Å². The van der Waals surface area contributed by atoms with E-state index in [1.807, 2.05) is 0 Å². The molecule has 1 atom stereocenters. The number of hydrogen-bond donors (Lipinski definition) is 0. The highest BCUT2D eigenvalue weighted by Gasteiger charge is 2.79. The van der Waals surface area contributed by atoms with Crippen LogP contribution in [0.5, 0.6) is 0 Å². The maximum Gasteiger partial charge on any atom is 0.476 e. The number of alkyl halides is 10. The Kier molecular flexibility index (Phi) is 6.31. The van der Waals surface area contributed by atoms with Crippen LogP contribution < -0.4 is 0 Å². The fourth-order valence-electron chi connectivity index (χ4n) is 0.356. The maximum absolute atomic E-state index is 12.3. The predicted molar refractivity (Wildman–Crippen MR) is 42.6 cm³/mol. The first kappa shape index (κ1) is 21.1. The first-order chi connectivity index (χ1) is 7.75. The van der Waals surface area contributed by atoms with E-state index in [-0.39, 0.29) is 0 Å². The van der Waals surface area contributed by atoms with Gasteiger partial charge in [-0.15, -0.1) is 0 Å². The zero-order valence-electron chi connectivity index (χ0n) is 7.76. The molecule has 2 nitrogen and oxygen atoms in total. The van der Waals surface area contributed by atoms with Crippen LogP contribution in [0.25, 0.3) is 0 Å². The lowest BCUT2D eigenvalue weighted by Crippen LogP contribution is -2.58. The number of rotatable bonds is 2. The van der Waals surface area contributed by atoms with Gasteiger partial charge in [0.15, 0.2) is 0 Å². The minimum absolute atomic E-state index is 3.70. The second-order valence-corrected chi connectivity index (χ2v) is 4.27. The van der Waals surface area contributed by atoms with Gasteiger partial charge in [0, 0.05) is 0 Å². The third kappa shape index (κ3) is 6.21. The highest BCUT2D eigenvalue weighted by Crippen LogP contribution is 2.55. The fraction of sp³-hybridized carbons (Fsp3) is 1.00. The van der Waals surface area contributed by atoms with Gasteiger partial charge in [-0.1, -0.05) is 19.4 Å². The largest absolute Gasteiger partial charge is 0.476 e. The Morgan fingerprint density at radius 3 is 1.00 bits per heavy atom. The molecule has 0 aromatic carbocycles. The molecule has 0 aliphatic rings. The first-order valence-electron chi connectivity index (χ1n) is 3.28. The van der Waals surface area contributed by atoms with Crippen LogP contribution in [0, 0.1) is 0 Å². The average molecular weight is 373 g/mol. The van der Waals surface area contributed by atoms with Gasteiger partial charge in [0.25, 0.3) is 0 Å². The van der Waals surface area contributed by atoms with Crippen molar-refractivity contribution in [3.05, 3.63) is 0 Å². The summed E-state index contributed by atoms with van der Waals surface area (Å²) in [5, 5.41) is -11.3. The molecule has 15 heteroatoms. The molecule has 19 heavy (non-hydrogen) atoms. The summed E-state index contributed by atoms with van der Waals surface area (Å²) in [7, 11) is -5.67. The van der Waals surface area contributed by atoms with Crippen molar-refractivity contribution in [1.29, 1.82) is 0 Å². The van der Waals surface area contributed by atoms with Crippen molar-refractivity contribution < 1.29 is 51.3 Å². The normalized spacial score (nSPS) is 17.3. The zero-order valence-corrected chi connectivity index (χ0v) is 10.1. The highest BCUT2D eigenvalue weighted by atomic mass is 35.5. The van der Waals surface area contributed by atoms with Gasteiger partial charge in [-0.2, -0.15) is 39.2 Å². The zero-order chi connectivity index (χ0) is 16.5. The van der Waals surface area contributed by atoms with Crippen LogP contribution in [0.3, 0.4) is 0 Å². The Bertz CT molecular complexity index is 363. The molecule has 0 aliphatic carbocycles. The molecule has 0 aromatic heterocycles. The Balaban J connectivity index is 0. The predicted octanol–water partition coefficient (Wildman–Crippen LogP) is 4.09. The van der Waals surface area contributed by atoms with Gasteiger partial charge in [-0.25, -0.2) is 4.39 Å². The van der Waals surface area contributed by atoms with Crippen LogP contribution in [-0.4, -0.2) is 31.0 Å². The summed E-state index contributed by atoms with van der Waals surface area (Å²) in [5.74, 6) is -6.47. The van der Waals surface area contributed by atoms with Gasteiger partial charge in [0.2, 0.25) is 0 Å². The molecule has 0 aromatic rings. The van der Waals surface area contributed by atoms with Crippen LogP contribution in [0.1, 0.15) is 0 Å². The van der Waals surface area contributed by atoms with Crippen molar-refractivity contribution in [2.24, 2.45) is 0 Å². The summed E-state index contributed by atoms with van der Waals surface area (Å²) < 4.78 is 131. The van der Waals surface area contributed by atoms with E-state index in [1.165, 1.54) is 0 Å². The summed E-state index contributed by atoms with van der Waals surface area (Å²) in [6.45, 7) is 0. The Morgan fingerprint density at radius 1 is 0.737 bits per heavy atom. The van der Waals surface area contributed by atoms with Crippen molar-refractivity contribution in [2.45, 2.75) is 22.6 Å². The third-order valence-corrected chi connectivity index (χ3v) is 1.94. The van der Waals surface area contributed by atoms with E-state index < -0.39 is 33.2 Å². The van der Waals surface area contributed by atoms with E-state index in [4.69, 9.17) is 8.42 Å². The molecule has 0 aliphatic heterocycles. The minimum Gasteiger partial charge on any atom is -0.211 e. The number of hydrogen-bond acceptors (Lipinski definition) is 2. The summed E-state index contributed by atoms with van der Waals surface area (Å²) in [6.07, 6.45) is -6.57. The monoisotopic (exact) mass is 372 g/mol. The first-order valence-corrected chi connectivity index (χ1v) is 5.32. The van der Waals surface area contributed by atoms with E-state index in [2.05, 4.69) is 23.2 Å². The smallest absolute Gasteiger partial charge is 0.211 e. The maximum atomic E-state index is 12.3. The molecule has 1 unspecified atom stereocenters. The van der Waals surface area contributed by atoms with E-state index in [0.29, 0.717) is 0 Å². The van der Waals surface area contributed by atoms with E-state index >= 15 is 0 Å². The van der Waals surface area contributed by atoms with E-state index in [1.54, 1.807) is 0 Å². The van der Waals surface area contributed by atoms with E-state index in [9.17, 15) is 42.9 Å². The molecule has 0 radical (unpaired) electrons. The Morgan fingerprint density at radius 2 is 0.947 bits per heavy atom. The lowest BCUT2D eigenvalue weighted by Gasteiger charge is -2.31. The van der Waals surface area contributed by atoms with Crippen LogP contribution in [0.4, 0.5) is 42.9 Å². The van der Waals surface area contributed by atoms with Crippen LogP contribution in [0.2, 0.25) is 0 Å². The van der Waals surface area contributed by atoms with Crippen LogP contribution >= 0.6 is 23.2 Å². The van der Waals surface area contributed by atoms with Crippen molar-refractivity contribution >= 4 is 33.8 Å². The van der Waals surface area contributed by atoms with Gasteiger partial charge < -0.3 is 0 Å². The lowest BCUT2D eigenvalue weighted by molar-refractivity contribution is -0.330. The van der Waals surface area contributed by atoms with Gasteiger partial charge in [0.1, 0.15) is 0 Å². The van der Waals surface area contributed by atoms with Gasteiger partial charge in [-0.05, 0) is 11.6 Å². The second-order valence-electron chi connectivity index (χ2n) is 2.52. The molecular formula is C4Cl2F10O2S. The molecule has 0 saturated carbocycles. The molecule has 0 spiro atoms. The standard InChI is InChI=1S/C4Cl2F8.F2O2S/c5-1(7,3(6,10)11)2(8,9)4(12,13)14;1-5(2,3)4. The summed E-state index contributed by atoms with van der Waals surface area (Å²) >= 11 is 7.47. The third-order valence-electron chi connectivity index (χ3n) is 1.11. The molecule has 0 rings (SSSR count). The van der Waals surface area contributed by atoms with Crippen molar-refractivity contribution in [3.63, 3.8) is 0 Å². The fourth-order valence-corrected chi connectivity index (χ4v) is 0.582. The molecule has 0 amide bonds. The van der Waals surface area contributed by atoms with Crippen molar-refractivity contribution in [1.82, 2.24) is 0 Å². The second kappa shape index (κ2) is 5.68. The molecule has 0 fully saturated rings.